The van der Waals surface area contributed by atoms with E-state index in [4.69, 9.17) is 9.47 Å². The van der Waals surface area contributed by atoms with Crippen LogP contribution in [0, 0.1) is 6.92 Å². The molecule has 0 aliphatic carbocycles. The third-order valence-corrected chi connectivity index (χ3v) is 5.29. The average Bonchev–Trinajstić information content (AvgIpc) is 3.25. The fourth-order valence-electron chi connectivity index (χ4n) is 2.26. The van der Waals surface area contributed by atoms with Gasteiger partial charge in [0, 0.05) is 0 Å². The second-order valence-corrected chi connectivity index (χ2v) is 6.88. The van der Waals surface area contributed by atoms with Crippen LogP contribution in [0.3, 0.4) is 0 Å². The topological polar surface area (TPSA) is 89.8 Å². The SMILES string of the molecule is CCOC(=O)[C@@H]1[C@@H](C(=O)OCC)N1S(=O)(=O)c1ccc(C)cc1. The van der Waals surface area contributed by atoms with Crippen LogP contribution in [-0.4, -0.2) is 50.0 Å². The highest BCUT2D eigenvalue weighted by atomic mass is 32.2. The van der Waals surface area contributed by atoms with Gasteiger partial charge in [0.05, 0.1) is 18.1 Å². The summed E-state index contributed by atoms with van der Waals surface area (Å²) < 4.78 is 35.9. The second kappa shape index (κ2) is 6.67. The van der Waals surface area contributed by atoms with E-state index >= 15 is 0 Å². The maximum Gasteiger partial charge on any atom is 0.326 e. The summed E-state index contributed by atoms with van der Waals surface area (Å²) in [6.45, 7) is 5.25. The van der Waals surface area contributed by atoms with Crippen LogP contribution in [-0.2, 0) is 29.1 Å². The van der Waals surface area contributed by atoms with Crippen molar-refractivity contribution in [2.24, 2.45) is 0 Å². The Morgan fingerprint density at radius 2 is 1.43 bits per heavy atom. The maximum atomic E-state index is 12.7. The van der Waals surface area contributed by atoms with Crippen LogP contribution in [0.15, 0.2) is 29.2 Å². The molecule has 0 saturated carbocycles. The Hall–Kier alpha value is -1.93. The highest BCUT2D eigenvalue weighted by Gasteiger charge is 2.65. The van der Waals surface area contributed by atoms with Gasteiger partial charge < -0.3 is 9.47 Å². The largest absolute Gasteiger partial charge is 0.465 e. The van der Waals surface area contributed by atoms with E-state index in [-0.39, 0.29) is 18.1 Å². The lowest BCUT2D eigenvalue weighted by molar-refractivity contribution is -0.147. The van der Waals surface area contributed by atoms with E-state index in [1.807, 2.05) is 6.92 Å². The lowest BCUT2D eigenvalue weighted by Gasteiger charge is -2.07. The van der Waals surface area contributed by atoms with Gasteiger partial charge in [-0.05, 0) is 32.9 Å². The molecule has 0 spiro atoms. The van der Waals surface area contributed by atoms with E-state index < -0.39 is 34.0 Å². The normalized spacial score (nSPS) is 23.2. The Kier molecular flexibility index (Phi) is 5.06. The zero-order valence-corrected chi connectivity index (χ0v) is 14.0. The zero-order valence-electron chi connectivity index (χ0n) is 13.2. The fourth-order valence-corrected chi connectivity index (χ4v) is 3.93. The van der Waals surface area contributed by atoms with Crippen LogP contribution in [0.25, 0.3) is 0 Å². The zero-order chi connectivity index (χ0) is 17.2. The van der Waals surface area contributed by atoms with Gasteiger partial charge in [0.1, 0.15) is 0 Å². The first-order valence-electron chi connectivity index (χ1n) is 7.28. The lowest BCUT2D eigenvalue weighted by Crippen LogP contribution is -2.21. The van der Waals surface area contributed by atoms with E-state index in [0.717, 1.165) is 9.87 Å². The molecule has 0 bridgehead atoms. The van der Waals surface area contributed by atoms with Crippen molar-refractivity contribution in [2.75, 3.05) is 13.2 Å². The van der Waals surface area contributed by atoms with Gasteiger partial charge in [-0.3, -0.25) is 9.59 Å². The van der Waals surface area contributed by atoms with Crippen LogP contribution < -0.4 is 0 Å². The minimum atomic E-state index is -3.98. The molecule has 7 nitrogen and oxygen atoms in total. The van der Waals surface area contributed by atoms with Crippen LogP contribution in [0.1, 0.15) is 19.4 Å². The van der Waals surface area contributed by atoms with Gasteiger partial charge in [-0.2, -0.15) is 4.31 Å². The molecule has 0 amide bonds. The predicted octanol–water partition coefficient (Wildman–Crippen LogP) is 0.863. The number of carbonyl (C=O) groups excluding carboxylic acids is 2. The highest BCUT2D eigenvalue weighted by Crippen LogP contribution is 2.37. The maximum absolute atomic E-state index is 12.7. The van der Waals surface area contributed by atoms with Crippen molar-refractivity contribution < 1.29 is 27.5 Å². The molecule has 1 saturated heterocycles. The molecular formula is C15H19NO6S. The lowest BCUT2D eigenvalue weighted by atomic mass is 10.2. The van der Waals surface area contributed by atoms with Crippen molar-refractivity contribution in [2.45, 2.75) is 37.8 Å². The minimum absolute atomic E-state index is 0.0178. The Balaban J connectivity index is 2.32. The number of hydrogen-bond acceptors (Lipinski definition) is 6. The molecule has 1 aromatic carbocycles. The summed E-state index contributed by atoms with van der Waals surface area (Å²) in [5.74, 6) is -1.50. The molecule has 0 unspecified atom stereocenters. The first kappa shape index (κ1) is 17.4. The minimum Gasteiger partial charge on any atom is -0.465 e. The van der Waals surface area contributed by atoms with Gasteiger partial charge in [0.2, 0.25) is 10.0 Å². The van der Waals surface area contributed by atoms with Crippen molar-refractivity contribution in [1.29, 1.82) is 0 Å². The third kappa shape index (κ3) is 3.37. The third-order valence-electron chi connectivity index (χ3n) is 3.41. The molecule has 23 heavy (non-hydrogen) atoms. The Morgan fingerprint density at radius 3 is 1.83 bits per heavy atom. The number of esters is 2. The Labute approximate surface area is 135 Å². The molecule has 1 aliphatic rings. The summed E-state index contributed by atoms with van der Waals surface area (Å²) in [6, 6.07) is 3.84. The average molecular weight is 341 g/mol. The summed E-state index contributed by atoms with van der Waals surface area (Å²) in [6.07, 6.45) is 0. The smallest absolute Gasteiger partial charge is 0.326 e. The monoisotopic (exact) mass is 341 g/mol. The molecule has 2 atom stereocenters. The first-order valence-corrected chi connectivity index (χ1v) is 8.72. The standard InChI is InChI=1S/C15H19NO6S/c1-4-21-14(17)12-13(15(18)22-5-2)16(12)23(19,20)11-8-6-10(3)7-9-11/h6-9,12-13H,4-5H2,1-3H3/t12-,13-/m0/s1. The number of nitrogens with zero attached hydrogens (tertiary/aromatic N) is 1. The van der Waals surface area contributed by atoms with Crippen LogP contribution in [0.5, 0.6) is 0 Å². The highest BCUT2D eigenvalue weighted by molar-refractivity contribution is 7.89. The second-order valence-electron chi connectivity index (χ2n) is 5.04. The van der Waals surface area contributed by atoms with Crippen LogP contribution >= 0.6 is 0 Å². The quantitative estimate of drug-likeness (QED) is 0.563. The molecule has 126 valence electrons. The summed E-state index contributed by atoms with van der Waals surface area (Å²) in [7, 11) is -3.98. The van der Waals surface area contributed by atoms with Crippen molar-refractivity contribution in [3.63, 3.8) is 0 Å². The Morgan fingerprint density at radius 1 is 1.00 bits per heavy atom. The van der Waals surface area contributed by atoms with Crippen LogP contribution in [0.2, 0.25) is 0 Å². The molecule has 1 aliphatic heterocycles. The van der Waals surface area contributed by atoms with Gasteiger partial charge in [0.25, 0.3) is 0 Å². The van der Waals surface area contributed by atoms with Gasteiger partial charge >= 0.3 is 11.9 Å². The predicted molar refractivity (Wildman–Crippen MR) is 81.0 cm³/mol. The Bertz CT molecular complexity index is 673. The molecule has 1 heterocycles. The molecule has 1 fully saturated rings. The first-order chi connectivity index (χ1) is 10.8. The summed E-state index contributed by atoms with van der Waals surface area (Å²) in [5, 5.41) is 0. The summed E-state index contributed by atoms with van der Waals surface area (Å²) in [5.41, 5.74) is 0.902. The van der Waals surface area contributed by atoms with Gasteiger partial charge in [-0.25, -0.2) is 8.42 Å². The number of rotatable bonds is 6. The van der Waals surface area contributed by atoms with Gasteiger partial charge in [0.15, 0.2) is 12.1 Å². The summed E-state index contributed by atoms with van der Waals surface area (Å²) >= 11 is 0. The number of aryl methyl sites for hydroxylation is 1. The van der Waals surface area contributed by atoms with E-state index in [1.54, 1.807) is 26.0 Å². The number of sulfonamides is 1. The number of ether oxygens (including phenoxy) is 2. The van der Waals surface area contributed by atoms with E-state index in [0.29, 0.717) is 0 Å². The molecule has 0 N–H and O–H groups in total. The number of carbonyl (C=O) groups is 2. The summed E-state index contributed by atoms with van der Waals surface area (Å²) in [4.78, 5) is 23.9. The molecule has 2 rings (SSSR count). The van der Waals surface area contributed by atoms with E-state index in [1.165, 1.54) is 12.1 Å². The number of hydrogen-bond donors (Lipinski definition) is 0. The van der Waals surface area contributed by atoms with Crippen molar-refractivity contribution in [3.8, 4) is 0 Å². The van der Waals surface area contributed by atoms with Crippen LogP contribution in [0.4, 0.5) is 0 Å². The van der Waals surface area contributed by atoms with E-state index in [9.17, 15) is 18.0 Å². The van der Waals surface area contributed by atoms with Gasteiger partial charge in [-0.1, -0.05) is 17.7 Å². The molecule has 1 aromatic rings. The van der Waals surface area contributed by atoms with Crippen molar-refractivity contribution >= 4 is 22.0 Å². The number of benzene rings is 1. The van der Waals surface area contributed by atoms with E-state index in [2.05, 4.69) is 0 Å². The van der Waals surface area contributed by atoms with Crippen molar-refractivity contribution in [1.82, 2.24) is 4.31 Å². The molecule has 0 aromatic heterocycles. The molecular weight excluding hydrogens is 322 g/mol. The molecule has 0 radical (unpaired) electrons. The molecule has 8 heteroatoms. The van der Waals surface area contributed by atoms with Gasteiger partial charge in [-0.15, -0.1) is 0 Å². The fraction of sp³-hybridized carbons (Fsp3) is 0.467. The van der Waals surface area contributed by atoms with Crippen molar-refractivity contribution in [3.05, 3.63) is 29.8 Å².